The summed E-state index contributed by atoms with van der Waals surface area (Å²) in [4.78, 5) is 0. The minimum Gasteiger partial charge on any atom is -0.378 e. The van der Waals surface area contributed by atoms with Crippen LogP contribution in [0.25, 0.3) is 0 Å². The lowest BCUT2D eigenvalue weighted by molar-refractivity contribution is 0.0412. The molecule has 0 amide bonds. The summed E-state index contributed by atoms with van der Waals surface area (Å²) in [6.07, 6.45) is 8.98. The second-order valence-electron chi connectivity index (χ2n) is 3.60. The van der Waals surface area contributed by atoms with E-state index in [1.807, 2.05) is 0 Å². The average molecular weight is 140 g/mol. The molecule has 1 heterocycles. The predicted molar refractivity (Wildman–Crippen MR) is 40.9 cm³/mol. The van der Waals surface area contributed by atoms with E-state index in [4.69, 9.17) is 4.74 Å². The normalized spacial score (nSPS) is 40.8. The molecule has 0 bridgehead atoms. The lowest BCUT2D eigenvalue weighted by Crippen LogP contribution is -2.15. The molecular weight excluding hydrogens is 124 g/mol. The van der Waals surface area contributed by atoms with Crippen molar-refractivity contribution in [2.24, 2.45) is 5.92 Å². The standard InChI is InChI=1S/C9H16O/c1-2-7-10-9-6-3-5-8(9)4-1/h8-9H,1-7H2. The molecule has 0 spiro atoms. The van der Waals surface area contributed by atoms with E-state index in [0.717, 1.165) is 12.5 Å². The van der Waals surface area contributed by atoms with Crippen LogP contribution in [0, 0.1) is 5.92 Å². The molecule has 2 fully saturated rings. The first-order valence-corrected chi connectivity index (χ1v) is 4.58. The van der Waals surface area contributed by atoms with Gasteiger partial charge in [0.2, 0.25) is 0 Å². The Kier molecular flexibility index (Phi) is 1.94. The number of ether oxygens (including phenoxy) is 1. The van der Waals surface area contributed by atoms with Gasteiger partial charge in [-0.1, -0.05) is 12.8 Å². The quantitative estimate of drug-likeness (QED) is 0.502. The third kappa shape index (κ3) is 1.20. The van der Waals surface area contributed by atoms with Crippen molar-refractivity contribution in [3.63, 3.8) is 0 Å². The minimum atomic E-state index is 0.655. The van der Waals surface area contributed by atoms with Gasteiger partial charge in [0.1, 0.15) is 0 Å². The van der Waals surface area contributed by atoms with Crippen LogP contribution in [0.3, 0.4) is 0 Å². The Morgan fingerprint density at radius 2 is 1.80 bits per heavy atom. The second kappa shape index (κ2) is 2.91. The van der Waals surface area contributed by atoms with E-state index in [0.29, 0.717) is 6.10 Å². The fourth-order valence-electron chi connectivity index (χ4n) is 2.30. The van der Waals surface area contributed by atoms with Crippen molar-refractivity contribution in [1.29, 1.82) is 0 Å². The van der Waals surface area contributed by atoms with Gasteiger partial charge < -0.3 is 4.74 Å². The van der Waals surface area contributed by atoms with Gasteiger partial charge in [-0.15, -0.1) is 0 Å². The zero-order valence-electron chi connectivity index (χ0n) is 6.51. The SMILES string of the molecule is C1CCC2CCCC2OC1. The van der Waals surface area contributed by atoms with E-state index < -0.39 is 0 Å². The van der Waals surface area contributed by atoms with Crippen LogP contribution in [0.5, 0.6) is 0 Å². The van der Waals surface area contributed by atoms with Gasteiger partial charge in [-0.2, -0.15) is 0 Å². The molecule has 1 nitrogen and oxygen atoms in total. The molecule has 0 aromatic carbocycles. The van der Waals surface area contributed by atoms with E-state index in [1.165, 1.54) is 38.5 Å². The molecule has 58 valence electrons. The summed E-state index contributed by atoms with van der Waals surface area (Å²) in [5.74, 6) is 0.933. The molecule has 1 heteroatoms. The van der Waals surface area contributed by atoms with Crippen molar-refractivity contribution in [3.8, 4) is 0 Å². The summed E-state index contributed by atoms with van der Waals surface area (Å²) in [5, 5.41) is 0. The highest BCUT2D eigenvalue weighted by atomic mass is 16.5. The topological polar surface area (TPSA) is 9.23 Å². The van der Waals surface area contributed by atoms with Crippen LogP contribution in [-0.2, 0) is 4.74 Å². The molecule has 1 aliphatic heterocycles. The Hall–Kier alpha value is -0.0400. The summed E-state index contributed by atoms with van der Waals surface area (Å²) in [6, 6.07) is 0. The van der Waals surface area contributed by atoms with E-state index in [2.05, 4.69) is 0 Å². The third-order valence-corrected chi connectivity index (χ3v) is 2.89. The average Bonchev–Trinajstić information content (AvgIpc) is 2.28. The van der Waals surface area contributed by atoms with Crippen molar-refractivity contribution in [2.75, 3.05) is 6.61 Å². The number of hydrogen-bond donors (Lipinski definition) is 0. The number of rotatable bonds is 0. The first-order chi connectivity index (χ1) is 4.97. The molecule has 0 aromatic heterocycles. The minimum absolute atomic E-state index is 0.655. The van der Waals surface area contributed by atoms with Crippen LogP contribution in [-0.4, -0.2) is 12.7 Å². The van der Waals surface area contributed by atoms with E-state index in [-0.39, 0.29) is 0 Å². The molecule has 0 N–H and O–H groups in total. The molecule has 1 saturated heterocycles. The smallest absolute Gasteiger partial charge is 0.0603 e. The molecule has 1 saturated carbocycles. The molecule has 2 atom stereocenters. The fourth-order valence-corrected chi connectivity index (χ4v) is 2.30. The number of fused-ring (bicyclic) bond motifs is 1. The molecule has 0 aromatic rings. The Bertz CT molecular complexity index is 99.3. The zero-order chi connectivity index (χ0) is 6.81. The van der Waals surface area contributed by atoms with Gasteiger partial charge in [0.05, 0.1) is 6.10 Å². The zero-order valence-corrected chi connectivity index (χ0v) is 6.51. The Morgan fingerprint density at radius 1 is 0.900 bits per heavy atom. The summed E-state index contributed by atoms with van der Waals surface area (Å²) >= 11 is 0. The Balaban J connectivity index is 1.95. The molecule has 2 rings (SSSR count). The van der Waals surface area contributed by atoms with Crippen molar-refractivity contribution in [1.82, 2.24) is 0 Å². The highest BCUT2D eigenvalue weighted by Gasteiger charge is 2.28. The van der Waals surface area contributed by atoms with Gasteiger partial charge in [0.25, 0.3) is 0 Å². The van der Waals surface area contributed by atoms with Crippen molar-refractivity contribution in [2.45, 2.75) is 44.6 Å². The van der Waals surface area contributed by atoms with Crippen LogP contribution < -0.4 is 0 Å². The summed E-state index contributed by atoms with van der Waals surface area (Å²) in [5.41, 5.74) is 0. The van der Waals surface area contributed by atoms with Crippen molar-refractivity contribution in [3.05, 3.63) is 0 Å². The lowest BCUT2D eigenvalue weighted by atomic mass is 10.00. The van der Waals surface area contributed by atoms with E-state index >= 15 is 0 Å². The summed E-state index contributed by atoms with van der Waals surface area (Å²) in [6.45, 7) is 1.03. The van der Waals surface area contributed by atoms with Gasteiger partial charge in [-0.3, -0.25) is 0 Å². The van der Waals surface area contributed by atoms with Crippen molar-refractivity contribution < 1.29 is 4.74 Å². The van der Waals surface area contributed by atoms with Gasteiger partial charge in [0, 0.05) is 6.61 Å². The van der Waals surface area contributed by atoms with Gasteiger partial charge >= 0.3 is 0 Å². The van der Waals surface area contributed by atoms with Gasteiger partial charge in [-0.25, -0.2) is 0 Å². The number of hydrogen-bond acceptors (Lipinski definition) is 1. The van der Waals surface area contributed by atoms with Crippen LogP contribution in [0.2, 0.25) is 0 Å². The third-order valence-electron chi connectivity index (χ3n) is 2.89. The Morgan fingerprint density at radius 3 is 2.80 bits per heavy atom. The van der Waals surface area contributed by atoms with E-state index in [9.17, 15) is 0 Å². The predicted octanol–water partition coefficient (Wildman–Crippen LogP) is 2.36. The van der Waals surface area contributed by atoms with Gasteiger partial charge in [0.15, 0.2) is 0 Å². The maximum atomic E-state index is 5.73. The molecule has 2 aliphatic rings. The van der Waals surface area contributed by atoms with Crippen LogP contribution >= 0.6 is 0 Å². The molecule has 1 aliphatic carbocycles. The first kappa shape index (κ1) is 6.66. The molecule has 10 heavy (non-hydrogen) atoms. The summed E-state index contributed by atoms with van der Waals surface area (Å²) < 4.78 is 5.73. The van der Waals surface area contributed by atoms with Crippen LogP contribution in [0.4, 0.5) is 0 Å². The first-order valence-electron chi connectivity index (χ1n) is 4.58. The van der Waals surface area contributed by atoms with Crippen LogP contribution in [0.15, 0.2) is 0 Å². The highest BCUT2D eigenvalue weighted by Crippen LogP contribution is 2.33. The largest absolute Gasteiger partial charge is 0.378 e. The van der Waals surface area contributed by atoms with Crippen molar-refractivity contribution >= 4 is 0 Å². The van der Waals surface area contributed by atoms with Gasteiger partial charge in [-0.05, 0) is 31.6 Å². The molecule has 0 radical (unpaired) electrons. The maximum absolute atomic E-state index is 5.73. The maximum Gasteiger partial charge on any atom is 0.0603 e. The monoisotopic (exact) mass is 140 g/mol. The van der Waals surface area contributed by atoms with E-state index in [1.54, 1.807) is 0 Å². The summed E-state index contributed by atoms with van der Waals surface area (Å²) in [7, 11) is 0. The Labute approximate surface area is 62.8 Å². The lowest BCUT2D eigenvalue weighted by Gasteiger charge is -2.14. The fraction of sp³-hybridized carbons (Fsp3) is 1.00. The molecular formula is C9H16O. The highest BCUT2D eigenvalue weighted by molar-refractivity contribution is 4.79. The van der Waals surface area contributed by atoms with Crippen LogP contribution in [0.1, 0.15) is 38.5 Å². The second-order valence-corrected chi connectivity index (χ2v) is 3.60. The molecule has 2 unspecified atom stereocenters.